The van der Waals surface area contributed by atoms with Crippen LogP contribution >= 0.6 is 0 Å². The first-order valence-corrected chi connectivity index (χ1v) is 9.58. The van der Waals surface area contributed by atoms with Gasteiger partial charge in [0.25, 0.3) is 5.56 Å². The van der Waals surface area contributed by atoms with E-state index < -0.39 is 5.69 Å². The number of nitrogens with zero attached hydrogens (tertiary/aromatic N) is 2. The zero-order valence-electron chi connectivity index (χ0n) is 16.9. The normalized spacial score (nSPS) is 11.0. The minimum absolute atomic E-state index is 0.184. The lowest BCUT2D eigenvalue weighted by molar-refractivity contribution is -0.121. The highest BCUT2D eigenvalue weighted by Gasteiger charge is 2.18. The van der Waals surface area contributed by atoms with Crippen molar-refractivity contribution in [3.63, 3.8) is 0 Å². The Morgan fingerprint density at radius 1 is 1.14 bits per heavy atom. The number of methoxy groups -OCH3 is 1. The predicted molar refractivity (Wildman–Crippen MR) is 113 cm³/mol. The van der Waals surface area contributed by atoms with Gasteiger partial charge in [-0.05, 0) is 37.1 Å². The topological polar surface area (TPSA) is 82.3 Å². The van der Waals surface area contributed by atoms with Crippen LogP contribution in [0.2, 0.25) is 0 Å². The number of para-hydroxylation sites is 1. The van der Waals surface area contributed by atoms with Crippen LogP contribution in [0.1, 0.15) is 18.1 Å². The van der Waals surface area contributed by atoms with E-state index in [9.17, 15) is 14.4 Å². The van der Waals surface area contributed by atoms with Gasteiger partial charge in [-0.3, -0.25) is 14.2 Å². The third kappa shape index (κ3) is 4.14. The monoisotopic (exact) mass is 395 g/mol. The highest BCUT2D eigenvalue weighted by Crippen LogP contribution is 2.15. The Hall–Kier alpha value is -3.19. The van der Waals surface area contributed by atoms with Crippen LogP contribution in [0.3, 0.4) is 0 Å². The Balaban J connectivity index is 2.24. The summed E-state index contributed by atoms with van der Waals surface area (Å²) in [5, 5.41) is 3.12. The van der Waals surface area contributed by atoms with Crippen molar-refractivity contribution in [1.29, 1.82) is 0 Å². The van der Waals surface area contributed by atoms with Crippen molar-refractivity contribution in [3.05, 3.63) is 74.4 Å². The van der Waals surface area contributed by atoms with Crippen LogP contribution in [-0.2, 0) is 22.5 Å². The molecule has 0 unspecified atom stereocenters. The molecule has 1 heterocycles. The van der Waals surface area contributed by atoms with Gasteiger partial charge in [-0.25, -0.2) is 9.36 Å². The summed E-state index contributed by atoms with van der Waals surface area (Å²) < 4.78 is 7.46. The van der Waals surface area contributed by atoms with Gasteiger partial charge in [-0.2, -0.15) is 0 Å². The van der Waals surface area contributed by atoms with Crippen LogP contribution in [0, 0.1) is 6.92 Å². The maximum Gasteiger partial charge on any atom is 0.336 e. The summed E-state index contributed by atoms with van der Waals surface area (Å²) in [6, 6.07) is 12.6. The number of rotatable bonds is 7. The standard InChI is InChI=1S/C22H25N3O4/c1-4-16-7-5-6-8-18(16)25-21(27)17-13-15(2)9-10-19(17)24(22(25)28)14-20(26)23-11-12-29-3/h5-10,13H,4,11-12,14H2,1-3H3,(H,23,26). The fraction of sp³-hybridized carbons (Fsp3) is 0.318. The van der Waals surface area contributed by atoms with E-state index in [0.717, 1.165) is 11.1 Å². The third-order valence-electron chi connectivity index (χ3n) is 4.84. The Labute approximate surface area is 168 Å². The lowest BCUT2D eigenvalue weighted by Crippen LogP contribution is -2.42. The molecule has 152 valence electrons. The quantitative estimate of drug-likeness (QED) is 0.619. The first kappa shape index (κ1) is 20.5. The second-order valence-electron chi connectivity index (χ2n) is 6.85. The number of benzene rings is 2. The third-order valence-corrected chi connectivity index (χ3v) is 4.84. The summed E-state index contributed by atoms with van der Waals surface area (Å²) in [7, 11) is 1.55. The van der Waals surface area contributed by atoms with Crippen molar-refractivity contribution in [3.8, 4) is 5.69 Å². The smallest absolute Gasteiger partial charge is 0.336 e. The van der Waals surface area contributed by atoms with Crippen molar-refractivity contribution in [2.24, 2.45) is 0 Å². The van der Waals surface area contributed by atoms with Crippen molar-refractivity contribution in [1.82, 2.24) is 14.5 Å². The molecule has 1 aromatic heterocycles. The molecule has 1 amide bonds. The van der Waals surface area contributed by atoms with Gasteiger partial charge in [-0.15, -0.1) is 0 Å². The average molecular weight is 395 g/mol. The van der Waals surface area contributed by atoms with E-state index in [4.69, 9.17) is 4.74 Å². The Morgan fingerprint density at radius 3 is 2.62 bits per heavy atom. The van der Waals surface area contributed by atoms with Crippen molar-refractivity contribution >= 4 is 16.8 Å². The van der Waals surface area contributed by atoms with Gasteiger partial charge < -0.3 is 10.1 Å². The number of fused-ring (bicyclic) bond motifs is 1. The maximum absolute atomic E-state index is 13.3. The van der Waals surface area contributed by atoms with Gasteiger partial charge in [0.15, 0.2) is 0 Å². The number of hydrogen-bond acceptors (Lipinski definition) is 4. The molecule has 3 aromatic rings. The van der Waals surface area contributed by atoms with E-state index in [-0.39, 0.29) is 18.0 Å². The van der Waals surface area contributed by atoms with Crippen LogP contribution in [0.15, 0.2) is 52.1 Å². The van der Waals surface area contributed by atoms with Crippen LogP contribution in [0.5, 0.6) is 0 Å². The van der Waals surface area contributed by atoms with Crippen molar-refractivity contribution < 1.29 is 9.53 Å². The predicted octanol–water partition coefficient (Wildman–Crippen LogP) is 1.79. The van der Waals surface area contributed by atoms with Gasteiger partial charge in [0, 0.05) is 13.7 Å². The van der Waals surface area contributed by atoms with Crippen LogP contribution < -0.4 is 16.6 Å². The number of carbonyl (C=O) groups is 1. The van der Waals surface area contributed by atoms with E-state index >= 15 is 0 Å². The van der Waals surface area contributed by atoms with Gasteiger partial charge >= 0.3 is 5.69 Å². The number of amides is 1. The Morgan fingerprint density at radius 2 is 1.90 bits per heavy atom. The SMILES string of the molecule is CCc1ccccc1-n1c(=O)c2cc(C)ccc2n(CC(=O)NCCOC)c1=O. The molecule has 0 aliphatic carbocycles. The molecule has 1 N–H and O–H groups in total. The molecule has 2 aromatic carbocycles. The summed E-state index contributed by atoms with van der Waals surface area (Å²) in [6.07, 6.45) is 0.672. The summed E-state index contributed by atoms with van der Waals surface area (Å²) >= 11 is 0. The van der Waals surface area contributed by atoms with E-state index in [1.54, 1.807) is 31.4 Å². The molecule has 0 aliphatic heterocycles. The molecular weight excluding hydrogens is 370 g/mol. The number of carbonyl (C=O) groups excluding carboxylic acids is 1. The van der Waals surface area contributed by atoms with Gasteiger partial charge in [0.2, 0.25) is 5.91 Å². The molecule has 3 rings (SSSR count). The van der Waals surface area contributed by atoms with Crippen molar-refractivity contribution in [2.45, 2.75) is 26.8 Å². The van der Waals surface area contributed by atoms with Crippen LogP contribution in [0.25, 0.3) is 16.6 Å². The summed E-state index contributed by atoms with van der Waals surface area (Å²) in [5.41, 5.74) is 1.86. The fourth-order valence-electron chi connectivity index (χ4n) is 3.37. The Kier molecular flexibility index (Phi) is 6.29. The zero-order chi connectivity index (χ0) is 21.0. The molecule has 0 bridgehead atoms. The first-order valence-electron chi connectivity index (χ1n) is 9.58. The summed E-state index contributed by atoms with van der Waals surface area (Å²) in [4.78, 5) is 39.0. The minimum atomic E-state index is -0.533. The van der Waals surface area contributed by atoms with Gasteiger partial charge in [-0.1, -0.05) is 36.8 Å². The van der Waals surface area contributed by atoms with E-state index in [1.165, 1.54) is 9.13 Å². The molecule has 29 heavy (non-hydrogen) atoms. The molecule has 7 heteroatoms. The van der Waals surface area contributed by atoms with Crippen molar-refractivity contribution in [2.75, 3.05) is 20.3 Å². The number of aromatic nitrogens is 2. The molecule has 0 aliphatic rings. The van der Waals surface area contributed by atoms with Gasteiger partial charge in [0.1, 0.15) is 6.54 Å². The first-order chi connectivity index (χ1) is 14.0. The van der Waals surface area contributed by atoms with E-state index in [2.05, 4.69) is 5.32 Å². The van der Waals surface area contributed by atoms with Crippen LogP contribution in [-0.4, -0.2) is 35.3 Å². The Bertz CT molecular complexity index is 1160. The van der Waals surface area contributed by atoms with E-state index in [0.29, 0.717) is 36.2 Å². The summed E-state index contributed by atoms with van der Waals surface area (Å²) in [5.74, 6) is -0.319. The zero-order valence-corrected chi connectivity index (χ0v) is 16.9. The second-order valence-corrected chi connectivity index (χ2v) is 6.85. The fourth-order valence-corrected chi connectivity index (χ4v) is 3.37. The maximum atomic E-state index is 13.3. The van der Waals surface area contributed by atoms with E-state index in [1.807, 2.05) is 32.0 Å². The highest BCUT2D eigenvalue weighted by atomic mass is 16.5. The molecule has 0 saturated heterocycles. The number of nitrogens with one attached hydrogen (secondary N) is 1. The largest absolute Gasteiger partial charge is 0.383 e. The average Bonchev–Trinajstić information content (AvgIpc) is 2.72. The molecule has 0 atom stereocenters. The number of hydrogen-bond donors (Lipinski definition) is 1. The molecular formula is C22H25N3O4. The molecule has 0 radical (unpaired) electrons. The van der Waals surface area contributed by atoms with Gasteiger partial charge in [0.05, 0.1) is 23.2 Å². The second kappa shape index (κ2) is 8.87. The molecule has 0 saturated carbocycles. The lowest BCUT2D eigenvalue weighted by Gasteiger charge is -2.16. The molecule has 7 nitrogen and oxygen atoms in total. The lowest BCUT2D eigenvalue weighted by atomic mass is 10.1. The summed E-state index contributed by atoms with van der Waals surface area (Å²) in [6.45, 7) is 4.40. The number of aryl methyl sites for hydroxylation is 2. The molecule has 0 fully saturated rings. The highest BCUT2D eigenvalue weighted by molar-refractivity contribution is 5.82. The minimum Gasteiger partial charge on any atom is -0.383 e. The van der Waals surface area contributed by atoms with Crippen LogP contribution in [0.4, 0.5) is 0 Å². The number of ether oxygens (including phenoxy) is 1. The molecule has 0 spiro atoms.